The van der Waals surface area contributed by atoms with Gasteiger partial charge in [0.1, 0.15) is 6.33 Å². The van der Waals surface area contributed by atoms with Crippen LogP contribution in [-0.2, 0) is 4.79 Å². The number of hydrogen-bond donors (Lipinski definition) is 2. The molecule has 6 nitrogen and oxygen atoms in total. The lowest BCUT2D eigenvalue weighted by molar-refractivity contribution is -0.120. The molecule has 0 radical (unpaired) electrons. The molecule has 7 heteroatoms. The van der Waals surface area contributed by atoms with E-state index in [2.05, 4.69) is 29.4 Å². The van der Waals surface area contributed by atoms with Gasteiger partial charge in [0.25, 0.3) is 0 Å². The summed E-state index contributed by atoms with van der Waals surface area (Å²) in [5, 5.41) is 21.1. The minimum Gasteiger partial charge on any atom is -0.396 e. The molecule has 1 amide bonds. The van der Waals surface area contributed by atoms with Gasteiger partial charge in [0.15, 0.2) is 5.16 Å². The number of aliphatic hydroxyl groups is 1. The Balaban J connectivity index is 1.83. The van der Waals surface area contributed by atoms with Crippen LogP contribution in [0.25, 0.3) is 0 Å². The highest BCUT2D eigenvalue weighted by Crippen LogP contribution is 2.24. The van der Waals surface area contributed by atoms with Crippen molar-refractivity contribution in [3.8, 4) is 0 Å². The van der Waals surface area contributed by atoms with Gasteiger partial charge in [-0.1, -0.05) is 24.6 Å². The van der Waals surface area contributed by atoms with E-state index >= 15 is 0 Å². The number of aliphatic hydroxyl groups excluding tert-OH is 1. The summed E-state index contributed by atoms with van der Waals surface area (Å²) < 4.78 is 1.95. The lowest BCUT2D eigenvalue weighted by atomic mass is 9.85. The SMILES string of the molecule is CC(C)n1cnnc1SCC(=O)NC1CCCCC1CO. The molecule has 1 heterocycles. The zero-order chi connectivity index (χ0) is 15.2. The monoisotopic (exact) mass is 312 g/mol. The zero-order valence-corrected chi connectivity index (χ0v) is 13.5. The van der Waals surface area contributed by atoms with Crippen LogP contribution in [0.2, 0.25) is 0 Å². The maximum atomic E-state index is 12.1. The van der Waals surface area contributed by atoms with Crippen molar-refractivity contribution >= 4 is 17.7 Å². The van der Waals surface area contributed by atoms with Gasteiger partial charge in [-0.3, -0.25) is 4.79 Å². The van der Waals surface area contributed by atoms with E-state index in [0.29, 0.717) is 5.75 Å². The van der Waals surface area contributed by atoms with Crippen LogP contribution in [0.1, 0.15) is 45.6 Å². The Kier molecular flexibility index (Phi) is 6.05. The number of carbonyl (C=O) groups is 1. The Morgan fingerprint density at radius 2 is 2.29 bits per heavy atom. The highest BCUT2D eigenvalue weighted by Gasteiger charge is 2.25. The van der Waals surface area contributed by atoms with E-state index in [4.69, 9.17) is 0 Å². The minimum atomic E-state index is 0.00339. The molecule has 0 aliphatic heterocycles. The fourth-order valence-corrected chi connectivity index (χ4v) is 3.54. The molecule has 2 unspecified atom stereocenters. The first-order chi connectivity index (χ1) is 10.1. The quantitative estimate of drug-likeness (QED) is 0.780. The van der Waals surface area contributed by atoms with Gasteiger partial charge in [-0.25, -0.2) is 0 Å². The van der Waals surface area contributed by atoms with Crippen molar-refractivity contribution in [3.05, 3.63) is 6.33 Å². The van der Waals surface area contributed by atoms with Gasteiger partial charge < -0.3 is 15.0 Å². The van der Waals surface area contributed by atoms with E-state index in [9.17, 15) is 9.90 Å². The predicted octanol–water partition coefficient (Wildman–Crippen LogP) is 1.62. The Bertz CT molecular complexity index is 464. The van der Waals surface area contributed by atoms with Crippen molar-refractivity contribution in [2.45, 2.75) is 56.8 Å². The summed E-state index contributed by atoms with van der Waals surface area (Å²) in [6.45, 7) is 4.27. The maximum Gasteiger partial charge on any atom is 0.230 e. The number of nitrogens with one attached hydrogen (secondary N) is 1. The smallest absolute Gasteiger partial charge is 0.230 e. The molecule has 2 N–H and O–H groups in total. The number of nitrogens with zero attached hydrogens (tertiary/aromatic N) is 3. The van der Waals surface area contributed by atoms with E-state index < -0.39 is 0 Å². The molecule has 21 heavy (non-hydrogen) atoms. The van der Waals surface area contributed by atoms with E-state index in [1.165, 1.54) is 11.8 Å². The van der Waals surface area contributed by atoms with Crippen LogP contribution >= 0.6 is 11.8 Å². The third kappa shape index (κ3) is 4.44. The molecular formula is C14H24N4O2S. The molecule has 1 aliphatic rings. The molecule has 1 saturated carbocycles. The van der Waals surface area contributed by atoms with E-state index in [0.717, 1.165) is 30.8 Å². The highest BCUT2D eigenvalue weighted by molar-refractivity contribution is 7.99. The summed E-state index contributed by atoms with van der Waals surface area (Å²) in [5.41, 5.74) is 0. The Labute approximate surface area is 129 Å². The van der Waals surface area contributed by atoms with Crippen molar-refractivity contribution in [2.24, 2.45) is 5.92 Å². The minimum absolute atomic E-state index is 0.00339. The summed E-state index contributed by atoms with van der Waals surface area (Å²) in [6, 6.07) is 0.391. The Morgan fingerprint density at radius 1 is 1.52 bits per heavy atom. The van der Waals surface area contributed by atoms with Crippen LogP contribution < -0.4 is 5.32 Å². The zero-order valence-electron chi connectivity index (χ0n) is 12.7. The van der Waals surface area contributed by atoms with E-state index in [-0.39, 0.29) is 30.5 Å². The van der Waals surface area contributed by atoms with Crippen LogP contribution in [0, 0.1) is 5.92 Å². The van der Waals surface area contributed by atoms with Crippen molar-refractivity contribution in [1.82, 2.24) is 20.1 Å². The van der Waals surface area contributed by atoms with E-state index in [1.807, 2.05) is 4.57 Å². The number of amides is 1. The average molecular weight is 312 g/mol. The van der Waals surface area contributed by atoms with Gasteiger partial charge in [-0.15, -0.1) is 10.2 Å². The molecule has 1 aromatic heterocycles. The summed E-state index contributed by atoms with van der Waals surface area (Å²) >= 11 is 1.40. The number of hydrogen-bond acceptors (Lipinski definition) is 5. The second-order valence-corrected chi connectivity index (χ2v) is 6.75. The molecule has 0 spiro atoms. The Morgan fingerprint density at radius 3 is 3.00 bits per heavy atom. The lowest BCUT2D eigenvalue weighted by Crippen LogP contribution is -2.44. The summed E-state index contributed by atoms with van der Waals surface area (Å²) in [4.78, 5) is 12.1. The van der Waals surface area contributed by atoms with Crippen molar-refractivity contribution in [2.75, 3.05) is 12.4 Å². The number of carbonyl (C=O) groups excluding carboxylic acids is 1. The molecule has 1 aliphatic carbocycles. The first-order valence-corrected chi connectivity index (χ1v) is 8.53. The van der Waals surface area contributed by atoms with E-state index in [1.54, 1.807) is 6.33 Å². The Hall–Kier alpha value is -1.08. The molecule has 0 aromatic carbocycles. The van der Waals surface area contributed by atoms with Gasteiger partial charge >= 0.3 is 0 Å². The van der Waals surface area contributed by atoms with Gasteiger partial charge in [-0.2, -0.15) is 0 Å². The normalized spacial score (nSPS) is 22.5. The first kappa shape index (κ1) is 16.3. The third-order valence-corrected chi connectivity index (χ3v) is 4.88. The summed E-state index contributed by atoms with van der Waals surface area (Å²) in [7, 11) is 0. The van der Waals surface area contributed by atoms with Crippen LogP contribution in [0.5, 0.6) is 0 Å². The lowest BCUT2D eigenvalue weighted by Gasteiger charge is -2.30. The van der Waals surface area contributed by atoms with Crippen LogP contribution in [0.4, 0.5) is 0 Å². The van der Waals surface area contributed by atoms with Crippen LogP contribution in [-0.4, -0.2) is 44.2 Å². The third-order valence-electron chi connectivity index (χ3n) is 3.92. The molecule has 2 rings (SSSR count). The van der Waals surface area contributed by atoms with Crippen molar-refractivity contribution in [3.63, 3.8) is 0 Å². The molecule has 0 saturated heterocycles. The standard InChI is InChI=1S/C14H24N4O2S/c1-10(2)18-9-15-17-14(18)21-8-13(20)16-12-6-4-3-5-11(12)7-19/h9-12,19H,3-8H2,1-2H3,(H,16,20). The molecule has 2 atom stereocenters. The first-order valence-electron chi connectivity index (χ1n) is 7.54. The fourth-order valence-electron chi connectivity index (χ4n) is 2.68. The summed E-state index contributed by atoms with van der Waals surface area (Å²) in [5.74, 6) is 0.538. The summed E-state index contributed by atoms with van der Waals surface area (Å²) in [6.07, 6.45) is 5.91. The van der Waals surface area contributed by atoms with Gasteiger partial charge in [0.2, 0.25) is 5.91 Å². The van der Waals surface area contributed by atoms with Crippen molar-refractivity contribution in [1.29, 1.82) is 0 Å². The molecule has 118 valence electrons. The number of thioether (sulfide) groups is 1. The van der Waals surface area contributed by atoms with Gasteiger partial charge in [0, 0.05) is 24.6 Å². The highest BCUT2D eigenvalue weighted by atomic mass is 32.2. The second kappa shape index (κ2) is 7.79. The molecule has 1 aromatic rings. The topological polar surface area (TPSA) is 80.0 Å². The maximum absolute atomic E-state index is 12.1. The second-order valence-electron chi connectivity index (χ2n) is 5.80. The van der Waals surface area contributed by atoms with Gasteiger partial charge in [-0.05, 0) is 26.7 Å². The molecular weight excluding hydrogens is 288 g/mol. The number of aromatic nitrogens is 3. The van der Waals surface area contributed by atoms with Gasteiger partial charge in [0.05, 0.1) is 5.75 Å². The van der Waals surface area contributed by atoms with Crippen LogP contribution in [0.3, 0.4) is 0 Å². The predicted molar refractivity (Wildman–Crippen MR) is 82.1 cm³/mol. The average Bonchev–Trinajstić information content (AvgIpc) is 2.94. The van der Waals surface area contributed by atoms with Crippen LogP contribution in [0.15, 0.2) is 11.5 Å². The number of rotatable bonds is 6. The molecule has 1 fully saturated rings. The fraction of sp³-hybridized carbons (Fsp3) is 0.786. The largest absolute Gasteiger partial charge is 0.396 e. The van der Waals surface area contributed by atoms with Crippen molar-refractivity contribution < 1.29 is 9.90 Å². The molecule has 0 bridgehead atoms.